The minimum absolute atomic E-state index is 0.157. The zero-order valence-corrected chi connectivity index (χ0v) is 11.2. The maximum atomic E-state index is 8.32. The average molecular weight is 305 g/mol. The van der Waals surface area contributed by atoms with E-state index in [2.05, 4.69) is 32.5 Å². The van der Waals surface area contributed by atoms with Crippen molar-refractivity contribution in [2.45, 2.75) is 12.2 Å². The summed E-state index contributed by atoms with van der Waals surface area (Å²) in [7, 11) is 0. The Hall–Kier alpha value is -0.560. The average Bonchev–Trinajstić information content (AvgIpc) is 2.26. The smallest absolute Gasteiger partial charge is 0.108 e. The van der Waals surface area contributed by atoms with Gasteiger partial charge in [0.05, 0.1) is 31.8 Å². The van der Waals surface area contributed by atoms with E-state index in [4.69, 9.17) is 27.4 Å². The van der Waals surface area contributed by atoms with Crippen molar-refractivity contribution in [1.82, 2.24) is 0 Å². The summed E-state index contributed by atoms with van der Waals surface area (Å²) in [5, 5.41) is 8.98. The fraction of sp³-hybridized carbons (Fsp3) is 0.667. The van der Waals surface area contributed by atoms with Crippen LogP contribution in [0.4, 0.5) is 0 Å². The Morgan fingerprint density at radius 2 is 1.65 bits per heavy atom. The van der Waals surface area contributed by atoms with Gasteiger partial charge in [-0.3, -0.25) is 0 Å². The summed E-state index contributed by atoms with van der Waals surface area (Å²) in [4.78, 5) is 0. The van der Waals surface area contributed by atoms with Gasteiger partial charge in [0.1, 0.15) is 18.8 Å². The van der Waals surface area contributed by atoms with Crippen LogP contribution in [0.25, 0.3) is 0 Å². The molecule has 0 aromatic rings. The summed E-state index contributed by atoms with van der Waals surface area (Å²) in [5.41, 5.74) is 0. The second kappa shape index (κ2) is 11.9. The van der Waals surface area contributed by atoms with Crippen molar-refractivity contribution in [1.29, 1.82) is 0 Å². The Labute approximate surface area is 111 Å². The molecule has 2 saturated heterocycles. The molecular weight excluding hydrogens is 288 g/mol. The molecule has 2 aliphatic heterocycles. The number of aliphatic hydroxyl groups excluding tert-OH is 1. The van der Waals surface area contributed by atoms with E-state index in [0.717, 1.165) is 0 Å². The number of alkyl halides is 1. The van der Waals surface area contributed by atoms with Crippen molar-refractivity contribution in [3.63, 3.8) is 0 Å². The molecule has 17 heavy (non-hydrogen) atoms. The third-order valence-electron chi connectivity index (χ3n) is 1.71. The van der Waals surface area contributed by atoms with Crippen LogP contribution in [0, 0.1) is 24.7 Å². The third-order valence-corrected chi connectivity index (χ3v) is 2.03. The van der Waals surface area contributed by atoms with E-state index in [1.165, 1.54) is 0 Å². The minimum atomic E-state index is -0.157. The van der Waals surface area contributed by atoms with Crippen LogP contribution < -0.4 is 0 Å². The lowest BCUT2D eigenvalue weighted by molar-refractivity contribution is -0.121. The van der Waals surface area contributed by atoms with E-state index in [1.807, 2.05) is 0 Å². The number of rotatable bonds is 2. The van der Waals surface area contributed by atoms with Gasteiger partial charge in [0.2, 0.25) is 0 Å². The number of hydrogen-bond acceptors (Lipinski definition) is 4. The molecule has 0 aromatic heterocycles. The largest absolute Gasteiger partial charge is 0.388 e. The first kappa shape index (κ1) is 16.4. The summed E-state index contributed by atoms with van der Waals surface area (Å²) in [6.07, 6.45) is 9.78. The molecule has 2 rings (SSSR count). The van der Waals surface area contributed by atoms with Gasteiger partial charge < -0.3 is 19.3 Å². The highest BCUT2D eigenvalue weighted by molar-refractivity contribution is 9.09. The van der Waals surface area contributed by atoms with Crippen molar-refractivity contribution in [2.24, 2.45) is 0 Å². The predicted molar refractivity (Wildman–Crippen MR) is 68.8 cm³/mol. The fourth-order valence-electron chi connectivity index (χ4n) is 0.700. The first-order chi connectivity index (χ1) is 8.24. The van der Waals surface area contributed by atoms with Gasteiger partial charge in [0.15, 0.2) is 0 Å². The van der Waals surface area contributed by atoms with Crippen molar-refractivity contribution in [3.8, 4) is 24.7 Å². The van der Waals surface area contributed by atoms with Gasteiger partial charge in [0.25, 0.3) is 0 Å². The Bertz CT molecular complexity index is 248. The molecule has 0 unspecified atom stereocenters. The van der Waals surface area contributed by atoms with Crippen LogP contribution in [-0.2, 0) is 14.2 Å². The normalized spacial score (nSPS) is 17.9. The molecule has 0 atom stereocenters. The lowest BCUT2D eigenvalue weighted by Gasteiger charge is -2.24. The highest BCUT2D eigenvalue weighted by Gasteiger charge is 2.17. The molecule has 0 bridgehead atoms. The van der Waals surface area contributed by atoms with Gasteiger partial charge >= 0.3 is 0 Å². The van der Waals surface area contributed by atoms with E-state index in [1.54, 1.807) is 0 Å². The van der Waals surface area contributed by atoms with Gasteiger partial charge in [-0.2, -0.15) is 0 Å². The van der Waals surface area contributed by atoms with Crippen molar-refractivity contribution in [3.05, 3.63) is 0 Å². The molecule has 0 aromatic carbocycles. The molecule has 4 nitrogen and oxygen atoms in total. The van der Waals surface area contributed by atoms with E-state index in [-0.39, 0.29) is 12.2 Å². The topological polar surface area (TPSA) is 47.9 Å². The molecule has 0 spiro atoms. The zero-order chi connectivity index (χ0) is 12.9. The quantitative estimate of drug-likeness (QED) is 0.594. The first-order valence-electron chi connectivity index (χ1n) is 5.12. The minimum Gasteiger partial charge on any atom is -0.388 e. The number of ether oxygens (including phenoxy) is 3. The SMILES string of the molecule is C#CCBr.C#CCOC1COC1.OC1COC1. The zero-order valence-electron chi connectivity index (χ0n) is 9.60. The molecule has 2 aliphatic rings. The highest BCUT2D eigenvalue weighted by atomic mass is 79.9. The fourth-order valence-corrected chi connectivity index (χ4v) is 0.700. The lowest BCUT2D eigenvalue weighted by Crippen LogP contribution is -2.36. The molecule has 2 heterocycles. The Morgan fingerprint density at radius 1 is 1.18 bits per heavy atom. The van der Waals surface area contributed by atoms with Crippen LogP contribution in [0.5, 0.6) is 0 Å². The molecule has 0 saturated carbocycles. The molecule has 0 amide bonds. The van der Waals surface area contributed by atoms with E-state index in [0.29, 0.717) is 38.4 Å². The van der Waals surface area contributed by atoms with E-state index >= 15 is 0 Å². The summed E-state index contributed by atoms with van der Waals surface area (Å²) < 4.78 is 14.5. The summed E-state index contributed by atoms with van der Waals surface area (Å²) >= 11 is 3.01. The predicted octanol–water partition coefficient (Wildman–Crippen LogP) is 0.427. The van der Waals surface area contributed by atoms with Crippen LogP contribution in [-0.4, -0.2) is 55.7 Å². The third kappa shape index (κ3) is 10.3. The van der Waals surface area contributed by atoms with E-state index in [9.17, 15) is 0 Å². The van der Waals surface area contributed by atoms with Crippen molar-refractivity contribution >= 4 is 15.9 Å². The first-order valence-corrected chi connectivity index (χ1v) is 6.24. The molecular formula is C12H17BrO4. The monoisotopic (exact) mass is 304 g/mol. The molecule has 0 aliphatic carbocycles. The number of aliphatic hydroxyl groups is 1. The molecule has 0 radical (unpaired) electrons. The Balaban J connectivity index is 0.000000246. The number of halogens is 1. The summed E-state index contributed by atoms with van der Waals surface area (Å²) in [6, 6.07) is 0. The van der Waals surface area contributed by atoms with Crippen LogP contribution in [0.1, 0.15) is 0 Å². The second-order valence-electron chi connectivity index (χ2n) is 3.20. The van der Waals surface area contributed by atoms with Crippen LogP contribution in [0.15, 0.2) is 0 Å². The summed E-state index contributed by atoms with van der Waals surface area (Å²) in [5.74, 6) is 4.74. The Kier molecular flexibility index (Phi) is 11.5. The maximum absolute atomic E-state index is 8.32. The van der Waals surface area contributed by atoms with Crippen LogP contribution >= 0.6 is 15.9 Å². The van der Waals surface area contributed by atoms with E-state index < -0.39 is 0 Å². The van der Waals surface area contributed by atoms with Gasteiger partial charge in [-0.25, -0.2) is 0 Å². The standard InChI is InChI=1S/C6H8O2.C3H3Br.C3H6O2/c1-2-3-8-6-4-7-5-6;1-2-3-4;4-3-1-5-2-3/h1,6H,3-5H2;1H,3H2;3-4H,1-2H2. The van der Waals surface area contributed by atoms with Gasteiger partial charge in [-0.15, -0.1) is 12.8 Å². The molecule has 2 fully saturated rings. The van der Waals surface area contributed by atoms with Crippen molar-refractivity contribution in [2.75, 3.05) is 38.4 Å². The molecule has 5 heteroatoms. The van der Waals surface area contributed by atoms with Gasteiger partial charge in [-0.05, 0) is 0 Å². The molecule has 1 N–H and O–H groups in total. The second-order valence-corrected chi connectivity index (χ2v) is 3.76. The number of hydrogen-bond donors (Lipinski definition) is 1. The lowest BCUT2D eigenvalue weighted by atomic mass is 10.3. The van der Waals surface area contributed by atoms with Crippen LogP contribution in [0.2, 0.25) is 0 Å². The van der Waals surface area contributed by atoms with Gasteiger partial charge in [0, 0.05) is 0 Å². The summed E-state index contributed by atoms with van der Waals surface area (Å²) in [6.45, 7) is 2.91. The van der Waals surface area contributed by atoms with Crippen molar-refractivity contribution < 1.29 is 19.3 Å². The van der Waals surface area contributed by atoms with Gasteiger partial charge in [-0.1, -0.05) is 27.8 Å². The maximum Gasteiger partial charge on any atom is 0.108 e. The van der Waals surface area contributed by atoms with Crippen LogP contribution in [0.3, 0.4) is 0 Å². The number of terminal acetylenes is 2. The highest BCUT2D eigenvalue weighted by Crippen LogP contribution is 2.03. The Morgan fingerprint density at radius 3 is 1.82 bits per heavy atom. The molecule has 96 valence electrons.